The predicted octanol–water partition coefficient (Wildman–Crippen LogP) is 3.29. The number of piperidine rings is 1. The van der Waals surface area contributed by atoms with Gasteiger partial charge in [-0.25, -0.2) is 0 Å². The van der Waals surface area contributed by atoms with Crippen LogP contribution in [0.3, 0.4) is 0 Å². The molecule has 1 aromatic carbocycles. The van der Waals surface area contributed by atoms with Crippen molar-refractivity contribution in [2.45, 2.75) is 38.8 Å². The number of likely N-dealkylation sites (tertiary alicyclic amines) is 1. The Kier molecular flexibility index (Phi) is 5.04. The zero-order valence-electron chi connectivity index (χ0n) is 11.1. The first-order chi connectivity index (χ1) is 8.67. The maximum absolute atomic E-state index is 6.16. The van der Waals surface area contributed by atoms with Gasteiger partial charge in [-0.15, -0.1) is 0 Å². The van der Waals surface area contributed by atoms with Gasteiger partial charge in [0.25, 0.3) is 0 Å². The van der Waals surface area contributed by atoms with E-state index >= 15 is 0 Å². The molecular weight excluding hydrogens is 244 g/mol. The highest BCUT2D eigenvalue weighted by Crippen LogP contribution is 2.22. The summed E-state index contributed by atoms with van der Waals surface area (Å²) in [6.07, 6.45) is 3.74. The number of benzene rings is 1. The Hall–Kier alpha value is -0.570. The lowest BCUT2D eigenvalue weighted by Gasteiger charge is -2.36. The van der Waals surface area contributed by atoms with E-state index in [9.17, 15) is 0 Å². The Balaban J connectivity index is 1.93. The average Bonchev–Trinajstić information content (AvgIpc) is 2.32. The van der Waals surface area contributed by atoms with Gasteiger partial charge in [-0.3, -0.25) is 4.90 Å². The highest BCUT2D eigenvalue weighted by Gasteiger charge is 2.24. The number of halogens is 1. The molecule has 0 aliphatic carbocycles. The maximum atomic E-state index is 6.16. The van der Waals surface area contributed by atoms with Crippen LogP contribution in [0.5, 0.6) is 0 Å². The molecule has 0 saturated carbocycles. The molecule has 1 aliphatic rings. The Morgan fingerprint density at radius 1 is 1.28 bits per heavy atom. The summed E-state index contributed by atoms with van der Waals surface area (Å²) in [5.41, 5.74) is 7.48. The van der Waals surface area contributed by atoms with Crippen molar-refractivity contribution in [1.29, 1.82) is 0 Å². The highest BCUT2D eigenvalue weighted by atomic mass is 35.5. The maximum Gasteiger partial charge on any atom is 0.0406 e. The van der Waals surface area contributed by atoms with Crippen LogP contribution < -0.4 is 5.73 Å². The van der Waals surface area contributed by atoms with Crippen LogP contribution in [-0.4, -0.2) is 24.0 Å². The van der Waals surface area contributed by atoms with Gasteiger partial charge in [-0.05, 0) is 36.5 Å². The second kappa shape index (κ2) is 6.55. The lowest BCUT2D eigenvalue weighted by molar-refractivity contribution is 0.144. The number of nitrogens with two attached hydrogens (primary N) is 1. The fourth-order valence-corrected chi connectivity index (χ4v) is 3.07. The zero-order chi connectivity index (χ0) is 13.0. The molecule has 1 fully saturated rings. The summed E-state index contributed by atoms with van der Waals surface area (Å²) in [7, 11) is 0. The molecular formula is C15H23ClN2. The molecule has 1 aliphatic heterocycles. The van der Waals surface area contributed by atoms with Crippen molar-refractivity contribution < 1.29 is 0 Å². The van der Waals surface area contributed by atoms with E-state index in [1.54, 1.807) is 0 Å². The van der Waals surface area contributed by atoms with E-state index in [4.69, 9.17) is 17.3 Å². The molecule has 1 aromatic rings. The van der Waals surface area contributed by atoms with E-state index < -0.39 is 0 Å². The zero-order valence-corrected chi connectivity index (χ0v) is 11.9. The van der Waals surface area contributed by atoms with E-state index in [-0.39, 0.29) is 0 Å². The summed E-state index contributed by atoms with van der Waals surface area (Å²) in [4.78, 5) is 2.48. The Morgan fingerprint density at radius 3 is 2.67 bits per heavy atom. The fourth-order valence-electron chi connectivity index (χ4n) is 2.94. The lowest BCUT2D eigenvalue weighted by Crippen LogP contribution is -2.46. The molecule has 2 N–H and O–H groups in total. The highest BCUT2D eigenvalue weighted by molar-refractivity contribution is 6.30. The molecule has 0 radical (unpaired) electrons. The van der Waals surface area contributed by atoms with Crippen molar-refractivity contribution in [3.63, 3.8) is 0 Å². The van der Waals surface area contributed by atoms with E-state index in [0.29, 0.717) is 6.04 Å². The minimum atomic E-state index is 0.336. The van der Waals surface area contributed by atoms with Gasteiger partial charge in [0.2, 0.25) is 0 Å². The third-order valence-electron chi connectivity index (χ3n) is 3.66. The summed E-state index contributed by atoms with van der Waals surface area (Å²) >= 11 is 5.91. The van der Waals surface area contributed by atoms with E-state index in [0.717, 1.165) is 24.0 Å². The quantitative estimate of drug-likeness (QED) is 0.906. The van der Waals surface area contributed by atoms with E-state index in [1.165, 1.54) is 31.4 Å². The first kappa shape index (κ1) is 13.9. The lowest BCUT2D eigenvalue weighted by atomic mass is 9.91. The smallest absolute Gasteiger partial charge is 0.0406 e. The summed E-state index contributed by atoms with van der Waals surface area (Å²) in [5.74, 6) is 0.769. The fraction of sp³-hybridized carbons (Fsp3) is 0.600. The number of nitrogens with zero attached hydrogens (tertiary/aromatic N) is 1. The monoisotopic (exact) mass is 266 g/mol. The van der Waals surface area contributed by atoms with Crippen LogP contribution in [0, 0.1) is 5.92 Å². The van der Waals surface area contributed by atoms with Gasteiger partial charge in [0.1, 0.15) is 0 Å². The van der Waals surface area contributed by atoms with Crippen LogP contribution in [0.25, 0.3) is 0 Å². The minimum Gasteiger partial charge on any atom is -0.327 e. The van der Waals surface area contributed by atoms with Crippen molar-refractivity contribution in [1.82, 2.24) is 4.90 Å². The van der Waals surface area contributed by atoms with Gasteiger partial charge < -0.3 is 5.73 Å². The normalized spacial score (nSPS) is 25.3. The van der Waals surface area contributed by atoms with Crippen molar-refractivity contribution >= 4 is 11.6 Å². The van der Waals surface area contributed by atoms with Gasteiger partial charge in [-0.2, -0.15) is 0 Å². The van der Waals surface area contributed by atoms with Crippen LogP contribution in [0.4, 0.5) is 0 Å². The van der Waals surface area contributed by atoms with Crippen LogP contribution >= 0.6 is 11.6 Å². The standard InChI is InChI=1S/C15H23ClN2/c1-2-3-13-8-15(17)11-18(10-13)9-12-4-6-14(16)7-5-12/h4-7,13,15H,2-3,8-11,17H2,1H3. The van der Waals surface area contributed by atoms with Gasteiger partial charge in [-0.1, -0.05) is 37.1 Å². The molecule has 0 amide bonds. The molecule has 3 heteroatoms. The van der Waals surface area contributed by atoms with Gasteiger partial charge >= 0.3 is 0 Å². The molecule has 2 rings (SSSR count). The summed E-state index contributed by atoms with van der Waals surface area (Å²) in [6.45, 7) is 5.45. The summed E-state index contributed by atoms with van der Waals surface area (Å²) in [5, 5.41) is 0.804. The van der Waals surface area contributed by atoms with Crippen LogP contribution in [0.15, 0.2) is 24.3 Å². The Labute approximate surface area is 115 Å². The topological polar surface area (TPSA) is 29.3 Å². The largest absolute Gasteiger partial charge is 0.327 e. The molecule has 1 saturated heterocycles. The molecule has 0 spiro atoms. The van der Waals surface area contributed by atoms with Gasteiger partial charge in [0.15, 0.2) is 0 Å². The van der Waals surface area contributed by atoms with Crippen molar-refractivity contribution in [2.75, 3.05) is 13.1 Å². The number of rotatable bonds is 4. The first-order valence-electron chi connectivity index (χ1n) is 6.89. The molecule has 0 aromatic heterocycles. The molecule has 100 valence electrons. The molecule has 2 unspecified atom stereocenters. The van der Waals surface area contributed by atoms with Gasteiger partial charge in [0.05, 0.1) is 0 Å². The molecule has 18 heavy (non-hydrogen) atoms. The van der Waals surface area contributed by atoms with Crippen molar-refractivity contribution in [3.05, 3.63) is 34.9 Å². The second-order valence-electron chi connectivity index (χ2n) is 5.47. The van der Waals surface area contributed by atoms with Gasteiger partial charge in [0, 0.05) is 30.7 Å². The second-order valence-corrected chi connectivity index (χ2v) is 5.91. The predicted molar refractivity (Wildman–Crippen MR) is 77.7 cm³/mol. The number of hydrogen-bond donors (Lipinski definition) is 1. The van der Waals surface area contributed by atoms with Crippen molar-refractivity contribution in [2.24, 2.45) is 11.7 Å². The molecule has 2 nitrogen and oxygen atoms in total. The minimum absolute atomic E-state index is 0.336. The number of hydrogen-bond acceptors (Lipinski definition) is 2. The first-order valence-corrected chi connectivity index (χ1v) is 7.27. The molecule has 2 atom stereocenters. The van der Waals surface area contributed by atoms with E-state index in [2.05, 4.69) is 24.0 Å². The van der Waals surface area contributed by atoms with Crippen molar-refractivity contribution in [3.8, 4) is 0 Å². The third kappa shape index (κ3) is 3.98. The molecule has 1 heterocycles. The van der Waals surface area contributed by atoms with Crippen LogP contribution in [0.1, 0.15) is 31.7 Å². The van der Waals surface area contributed by atoms with Crippen LogP contribution in [0.2, 0.25) is 5.02 Å². The Bertz CT molecular complexity index is 363. The average molecular weight is 267 g/mol. The Morgan fingerprint density at radius 2 is 2.00 bits per heavy atom. The summed E-state index contributed by atoms with van der Waals surface area (Å²) in [6, 6.07) is 8.48. The molecule has 0 bridgehead atoms. The SMILES string of the molecule is CCCC1CC(N)CN(Cc2ccc(Cl)cc2)C1. The van der Waals surface area contributed by atoms with Crippen LogP contribution in [-0.2, 0) is 6.54 Å². The summed E-state index contributed by atoms with van der Waals surface area (Å²) < 4.78 is 0. The third-order valence-corrected chi connectivity index (χ3v) is 3.91. The van der Waals surface area contributed by atoms with E-state index in [1.807, 2.05) is 12.1 Å².